The minimum absolute atomic E-state index is 0.117. The van der Waals surface area contributed by atoms with Crippen LogP contribution in [0, 0.1) is 18.6 Å². The van der Waals surface area contributed by atoms with Crippen LogP contribution in [0.25, 0.3) is 5.65 Å². The first-order valence-corrected chi connectivity index (χ1v) is 7.78. The number of benzene rings is 1. The van der Waals surface area contributed by atoms with Crippen molar-refractivity contribution in [1.29, 1.82) is 0 Å². The van der Waals surface area contributed by atoms with Crippen LogP contribution in [0.5, 0.6) is 5.75 Å². The highest BCUT2D eigenvalue weighted by molar-refractivity contribution is 5.95. The summed E-state index contributed by atoms with van der Waals surface area (Å²) in [5.74, 6) is -1.59. The summed E-state index contributed by atoms with van der Waals surface area (Å²) in [5, 5.41) is 2.45. The second-order valence-electron chi connectivity index (χ2n) is 5.48. The van der Waals surface area contributed by atoms with Gasteiger partial charge in [0.2, 0.25) is 0 Å². The third-order valence-corrected chi connectivity index (χ3v) is 3.78. The highest BCUT2D eigenvalue weighted by Crippen LogP contribution is 2.24. The van der Waals surface area contributed by atoms with Crippen LogP contribution in [0.2, 0.25) is 0 Å². The smallest absolute Gasteiger partial charge is 0.270 e. The van der Waals surface area contributed by atoms with Gasteiger partial charge in [-0.3, -0.25) is 9.20 Å². The van der Waals surface area contributed by atoms with Gasteiger partial charge in [0.1, 0.15) is 30.2 Å². The lowest BCUT2D eigenvalue weighted by Crippen LogP contribution is -2.27. The first-order valence-electron chi connectivity index (χ1n) is 7.78. The molecule has 0 saturated carbocycles. The van der Waals surface area contributed by atoms with Gasteiger partial charge < -0.3 is 14.8 Å². The molecule has 0 spiro atoms. The summed E-state index contributed by atoms with van der Waals surface area (Å²) in [4.78, 5) is 26.9. The summed E-state index contributed by atoms with van der Waals surface area (Å²) in [6, 6.07) is 6.79. The lowest BCUT2D eigenvalue weighted by atomic mass is 10.2. The zero-order chi connectivity index (χ0) is 18.7. The van der Waals surface area contributed by atoms with Crippen molar-refractivity contribution in [2.24, 2.45) is 0 Å². The number of carbonyl (C=O) groups excluding carboxylic acids is 2. The van der Waals surface area contributed by atoms with Gasteiger partial charge in [0, 0.05) is 6.20 Å². The normalized spacial score (nSPS) is 10.7. The molecule has 6 nitrogen and oxygen atoms in total. The highest BCUT2D eigenvalue weighted by atomic mass is 19.1. The zero-order valence-electron chi connectivity index (χ0n) is 13.8. The predicted molar refractivity (Wildman–Crippen MR) is 89.0 cm³/mol. The molecular weight excluding hydrogens is 344 g/mol. The van der Waals surface area contributed by atoms with Crippen molar-refractivity contribution in [3.63, 3.8) is 0 Å². The fourth-order valence-corrected chi connectivity index (χ4v) is 2.58. The number of rotatable bonds is 6. The minimum atomic E-state index is -0.703. The Morgan fingerprint density at radius 3 is 2.69 bits per heavy atom. The fourth-order valence-electron chi connectivity index (χ4n) is 2.58. The number of hydrogen-bond donors (Lipinski definition) is 1. The molecule has 0 saturated heterocycles. The van der Waals surface area contributed by atoms with E-state index in [1.54, 1.807) is 25.3 Å². The molecule has 1 aromatic carbocycles. The molecule has 2 heterocycles. The van der Waals surface area contributed by atoms with E-state index in [0.29, 0.717) is 17.6 Å². The third kappa shape index (κ3) is 3.26. The highest BCUT2D eigenvalue weighted by Gasteiger charge is 2.19. The van der Waals surface area contributed by atoms with E-state index in [1.165, 1.54) is 10.5 Å². The van der Waals surface area contributed by atoms with Gasteiger partial charge in [-0.1, -0.05) is 6.07 Å². The summed E-state index contributed by atoms with van der Waals surface area (Å²) in [6.45, 7) is 1.20. The van der Waals surface area contributed by atoms with Gasteiger partial charge in [0.05, 0.1) is 17.8 Å². The van der Waals surface area contributed by atoms with E-state index in [1.807, 2.05) is 0 Å². The van der Waals surface area contributed by atoms with Crippen LogP contribution in [0.4, 0.5) is 8.78 Å². The van der Waals surface area contributed by atoms with Crippen LogP contribution < -0.4 is 10.1 Å². The van der Waals surface area contributed by atoms with E-state index in [0.717, 1.165) is 12.1 Å². The van der Waals surface area contributed by atoms with E-state index < -0.39 is 17.5 Å². The SMILES string of the molecule is Cc1nc2c(OCc3c(F)cccc3F)cccn2c1C(=O)NCC=O. The van der Waals surface area contributed by atoms with Gasteiger partial charge in [0.15, 0.2) is 11.4 Å². The van der Waals surface area contributed by atoms with Crippen molar-refractivity contribution in [1.82, 2.24) is 14.7 Å². The summed E-state index contributed by atoms with van der Waals surface area (Å²) < 4.78 is 34.5. The molecule has 0 aliphatic rings. The Balaban J connectivity index is 1.93. The number of aldehydes is 1. The van der Waals surface area contributed by atoms with Crippen molar-refractivity contribution in [2.45, 2.75) is 13.5 Å². The average Bonchev–Trinajstić information content (AvgIpc) is 2.96. The molecule has 1 amide bonds. The maximum atomic E-state index is 13.7. The van der Waals surface area contributed by atoms with Gasteiger partial charge in [-0.25, -0.2) is 13.8 Å². The van der Waals surface area contributed by atoms with E-state index in [2.05, 4.69) is 10.3 Å². The molecule has 0 atom stereocenters. The number of nitrogens with one attached hydrogen (secondary N) is 1. The Labute approximate surface area is 147 Å². The number of imidazole rings is 1. The molecule has 1 N–H and O–H groups in total. The van der Waals surface area contributed by atoms with Gasteiger partial charge in [-0.2, -0.15) is 0 Å². The van der Waals surface area contributed by atoms with Crippen molar-refractivity contribution in [2.75, 3.05) is 6.54 Å². The zero-order valence-corrected chi connectivity index (χ0v) is 13.8. The number of hydrogen-bond acceptors (Lipinski definition) is 4. The van der Waals surface area contributed by atoms with Gasteiger partial charge in [0.25, 0.3) is 5.91 Å². The number of halogens is 2. The van der Waals surface area contributed by atoms with Crippen LogP contribution in [0.1, 0.15) is 21.7 Å². The molecule has 0 aliphatic carbocycles. The Morgan fingerprint density at radius 2 is 2.00 bits per heavy atom. The quantitative estimate of drug-likeness (QED) is 0.686. The number of aryl methyl sites for hydroxylation is 1. The average molecular weight is 359 g/mol. The van der Waals surface area contributed by atoms with Crippen molar-refractivity contribution < 1.29 is 23.1 Å². The molecule has 0 fully saturated rings. The number of fused-ring (bicyclic) bond motifs is 1. The molecule has 8 heteroatoms. The Bertz CT molecular complexity index is 965. The molecule has 3 aromatic rings. The summed E-state index contributed by atoms with van der Waals surface area (Å²) in [5.41, 5.74) is 0.825. The van der Waals surface area contributed by atoms with Gasteiger partial charge in [-0.15, -0.1) is 0 Å². The third-order valence-electron chi connectivity index (χ3n) is 3.78. The van der Waals surface area contributed by atoms with Gasteiger partial charge in [-0.05, 0) is 31.2 Å². The minimum Gasteiger partial charge on any atom is -0.485 e. The second-order valence-corrected chi connectivity index (χ2v) is 5.48. The van der Waals surface area contributed by atoms with Crippen LogP contribution in [0.15, 0.2) is 36.5 Å². The summed E-state index contributed by atoms with van der Waals surface area (Å²) in [6.07, 6.45) is 2.19. The fraction of sp³-hybridized carbons (Fsp3) is 0.167. The molecular formula is C18H15F2N3O3. The van der Waals surface area contributed by atoms with Crippen LogP contribution in [-0.2, 0) is 11.4 Å². The van der Waals surface area contributed by atoms with Crippen molar-refractivity contribution in [3.8, 4) is 5.75 Å². The summed E-state index contributed by atoms with van der Waals surface area (Å²) in [7, 11) is 0. The van der Waals surface area contributed by atoms with Crippen molar-refractivity contribution in [3.05, 3.63) is 65.1 Å². The first kappa shape index (κ1) is 17.5. The van der Waals surface area contributed by atoms with E-state index >= 15 is 0 Å². The predicted octanol–water partition coefficient (Wildman–Crippen LogP) is 2.43. The number of amides is 1. The summed E-state index contributed by atoms with van der Waals surface area (Å²) >= 11 is 0. The number of carbonyl (C=O) groups is 2. The molecule has 134 valence electrons. The maximum Gasteiger partial charge on any atom is 0.270 e. The molecule has 26 heavy (non-hydrogen) atoms. The number of ether oxygens (including phenoxy) is 1. The molecule has 0 aliphatic heterocycles. The van der Waals surface area contributed by atoms with Crippen LogP contribution >= 0.6 is 0 Å². The Hall–Kier alpha value is -3.29. The molecule has 0 radical (unpaired) electrons. The largest absolute Gasteiger partial charge is 0.485 e. The Morgan fingerprint density at radius 1 is 1.27 bits per heavy atom. The molecule has 3 rings (SSSR count). The number of nitrogens with zero attached hydrogens (tertiary/aromatic N) is 2. The second kappa shape index (κ2) is 7.30. The Kier molecular flexibility index (Phi) is 4.92. The lowest BCUT2D eigenvalue weighted by molar-refractivity contribution is -0.107. The van der Waals surface area contributed by atoms with E-state index in [-0.39, 0.29) is 30.2 Å². The first-order chi connectivity index (χ1) is 12.5. The maximum absolute atomic E-state index is 13.7. The molecule has 0 unspecified atom stereocenters. The number of pyridine rings is 1. The topological polar surface area (TPSA) is 72.7 Å². The van der Waals surface area contributed by atoms with E-state index in [4.69, 9.17) is 4.74 Å². The van der Waals surface area contributed by atoms with Crippen LogP contribution in [-0.4, -0.2) is 28.1 Å². The molecule has 0 bridgehead atoms. The number of aromatic nitrogens is 2. The van der Waals surface area contributed by atoms with E-state index in [9.17, 15) is 18.4 Å². The monoisotopic (exact) mass is 359 g/mol. The lowest BCUT2D eigenvalue weighted by Gasteiger charge is -2.09. The van der Waals surface area contributed by atoms with Crippen LogP contribution in [0.3, 0.4) is 0 Å². The van der Waals surface area contributed by atoms with Gasteiger partial charge >= 0.3 is 0 Å². The standard InChI is InChI=1S/C18H15F2N3O3/c1-11-16(18(25)21-7-9-24)23-8-3-6-15(17(23)22-11)26-10-12-13(19)4-2-5-14(12)20/h2-6,8-9H,7,10H2,1H3,(H,21,25). The van der Waals surface area contributed by atoms with Crippen molar-refractivity contribution >= 4 is 17.8 Å². The molecule has 2 aromatic heterocycles.